The molecule has 3 N–H and O–H groups in total. The van der Waals surface area contributed by atoms with Crippen molar-refractivity contribution >= 4 is 33.6 Å². The normalized spacial score (nSPS) is 29.3. The molecule has 2 heterocycles. The number of aliphatic imine (C=N–C) groups is 3. The minimum Gasteiger partial charge on any atom is -0.301 e. The molecule has 2 aliphatic rings. The first-order valence-electron chi connectivity index (χ1n) is 3.85. The lowest BCUT2D eigenvalue weighted by atomic mass is 10.3. The van der Waals surface area contributed by atoms with E-state index in [0.717, 1.165) is 12.6 Å². The van der Waals surface area contributed by atoms with Gasteiger partial charge in [-0.25, -0.2) is 23.4 Å². The minimum absolute atomic E-state index is 0.0280. The summed E-state index contributed by atoms with van der Waals surface area (Å²) in [5.74, 6) is -0.767. The van der Waals surface area contributed by atoms with E-state index >= 15 is 0 Å². The molecule has 0 bridgehead atoms. The fourth-order valence-corrected chi connectivity index (χ4v) is 1.62. The number of hydrogen-bond acceptors (Lipinski definition) is 7. The second-order valence-corrected chi connectivity index (χ2v) is 5.25. The molecule has 1 amide bonds. The number of nitrogens with zero attached hydrogens (tertiary/aromatic N) is 3. The number of nitrogens with one attached hydrogen (secondary N) is 1. The van der Waals surface area contributed by atoms with Crippen molar-refractivity contribution in [2.75, 3.05) is 6.26 Å². The SMILES string of the molecule is CS(=O)(=O)C1(N)N=C2N=CN=C2C(=O)N1. The van der Waals surface area contributed by atoms with Crippen LogP contribution in [0, 0.1) is 0 Å². The van der Waals surface area contributed by atoms with Crippen molar-refractivity contribution in [3.8, 4) is 0 Å². The van der Waals surface area contributed by atoms with Gasteiger partial charge in [0.1, 0.15) is 6.34 Å². The number of nitrogens with two attached hydrogens (primary N) is 1. The summed E-state index contributed by atoms with van der Waals surface area (Å²) in [5, 5.41) is -0.0959. The number of carbonyl (C=O) groups excluding carboxylic acids is 1. The molecule has 1 atom stereocenters. The fraction of sp³-hybridized carbons (Fsp3) is 0.333. The molecular formula is C6H7N5O3S. The number of amides is 1. The second-order valence-electron chi connectivity index (χ2n) is 3.08. The van der Waals surface area contributed by atoms with Crippen LogP contribution in [0.3, 0.4) is 0 Å². The van der Waals surface area contributed by atoms with Crippen molar-refractivity contribution in [2.45, 2.75) is 5.12 Å². The van der Waals surface area contributed by atoms with Crippen molar-refractivity contribution in [2.24, 2.45) is 20.7 Å². The van der Waals surface area contributed by atoms with Gasteiger partial charge in [0.25, 0.3) is 11.0 Å². The Kier molecular flexibility index (Phi) is 1.79. The molecule has 0 aromatic carbocycles. The van der Waals surface area contributed by atoms with Gasteiger partial charge in [-0.05, 0) is 0 Å². The number of carbonyl (C=O) groups is 1. The Morgan fingerprint density at radius 3 is 2.80 bits per heavy atom. The highest BCUT2D eigenvalue weighted by Crippen LogP contribution is 2.14. The summed E-state index contributed by atoms with van der Waals surface area (Å²) in [6.07, 6.45) is 1.99. The topological polar surface area (TPSA) is 126 Å². The standard InChI is InChI=1S/C6H7N5O3S/c1-15(13,14)6(7)10-4-3(5(12)11-6)8-2-9-4/h2H,7H2,1H3,(H,11,12). The number of amidine groups is 1. The van der Waals surface area contributed by atoms with E-state index in [2.05, 4.69) is 20.3 Å². The predicted molar refractivity (Wildman–Crippen MR) is 53.3 cm³/mol. The monoisotopic (exact) mass is 229 g/mol. The Balaban J connectivity index is 2.59. The molecule has 80 valence electrons. The highest BCUT2D eigenvalue weighted by molar-refractivity contribution is 7.92. The molecule has 8 nitrogen and oxygen atoms in total. The van der Waals surface area contributed by atoms with Crippen LogP contribution in [-0.2, 0) is 14.6 Å². The quantitative estimate of drug-likeness (QED) is 0.520. The van der Waals surface area contributed by atoms with Gasteiger partial charge in [0.2, 0.25) is 9.84 Å². The minimum atomic E-state index is -3.77. The molecule has 1 unspecified atom stereocenters. The van der Waals surface area contributed by atoms with Crippen LogP contribution in [0.5, 0.6) is 0 Å². The lowest BCUT2D eigenvalue weighted by molar-refractivity contribution is -0.115. The first-order chi connectivity index (χ1) is 6.83. The van der Waals surface area contributed by atoms with E-state index in [4.69, 9.17) is 5.73 Å². The molecule has 9 heteroatoms. The number of hydrogen-bond donors (Lipinski definition) is 2. The van der Waals surface area contributed by atoms with Crippen LogP contribution < -0.4 is 11.1 Å². The van der Waals surface area contributed by atoms with E-state index in [1.165, 1.54) is 0 Å². The largest absolute Gasteiger partial charge is 0.301 e. The molecule has 0 spiro atoms. The zero-order chi connectivity index (χ0) is 11.3. The van der Waals surface area contributed by atoms with E-state index in [9.17, 15) is 13.2 Å². The van der Waals surface area contributed by atoms with Crippen molar-refractivity contribution in [3.05, 3.63) is 0 Å². The Labute approximate surface area is 84.9 Å². The average Bonchev–Trinajstić information content (AvgIpc) is 2.49. The smallest absolute Gasteiger partial charge is 0.291 e. The van der Waals surface area contributed by atoms with Gasteiger partial charge in [-0.2, -0.15) is 0 Å². The third kappa shape index (κ3) is 1.36. The van der Waals surface area contributed by atoms with E-state index in [1.54, 1.807) is 0 Å². The van der Waals surface area contributed by atoms with Gasteiger partial charge < -0.3 is 5.32 Å². The summed E-state index contributed by atoms with van der Waals surface area (Å²) >= 11 is 0. The van der Waals surface area contributed by atoms with Crippen LogP contribution in [0.4, 0.5) is 0 Å². The Bertz CT molecular complexity index is 531. The summed E-state index contributed by atoms with van der Waals surface area (Å²) < 4.78 is 22.6. The predicted octanol–water partition coefficient (Wildman–Crippen LogP) is -2.39. The van der Waals surface area contributed by atoms with E-state index in [1.807, 2.05) is 0 Å². The van der Waals surface area contributed by atoms with Gasteiger partial charge in [-0.15, -0.1) is 0 Å². The first-order valence-corrected chi connectivity index (χ1v) is 5.74. The van der Waals surface area contributed by atoms with Gasteiger partial charge in [-0.3, -0.25) is 10.5 Å². The van der Waals surface area contributed by atoms with E-state index < -0.39 is 20.9 Å². The zero-order valence-electron chi connectivity index (χ0n) is 7.63. The third-order valence-electron chi connectivity index (χ3n) is 1.92. The third-order valence-corrected chi connectivity index (χ3v) is 3.25. The molecule has 2 rings (SSSR count). The van der Waals surface area contributed by atoms with Crippen LogP contribution >= 0.6 is 0 Å². The zero-order valence-corrected chi connectivity index (χ0v) is 8.45. The van der Waals surface area contributed by atoms with Crippen molar-refractivity contribution < 1.29 is 13.2 Å². The molecule has 0 saturated heterocycles. The van der Waals surface area contributed by atoms with Crippen LogP contribution in [0.1, 0.15) is 0 Å². The second kappa shape index (κ2) is 2.70. The first kappa shape index (κ1) is 9.93. The van der Waals surface area contributed by atoms with Gasteiger partial charge >= 0.3 is 0 Å². The lowest BCUT2D eigenvalue weighted by Crippen LogP contribution is -2.64. The molecular weight excluding hydrogens is 222 g/mol. The van der Waals surface area contributed by atoms with Crippen molar-refractivity contribution in [3.63, 3.8) is 0 Å². The molecule has 0 aromatic heterocycles. The van der Waals surface area contributed by atoms with Crippen LogP contribution in [0.25, 0.3) is 0 Å². The lowest BCUT2D eigenvalue weighted by Gasteiger charge is -2.27. The maximum atomic E-state index is 11.4. The molecule has 0 aliphatic carbocycles. The number of fused-ring (bicyclic) bond motifs is 1. The molecule has 15 heavy (non-hydrogen) atoms. The van der Waals surface area contributed by atoms with Gasteiger partial charge in [0.15, 0.2) is 11.5 Å². The maximum Gasteiger partial charge on any atom is 0.291 e. The Morgan fingerprint density at radius 1 is 1.53 bits per heavy atom. The highest BCUT2D eigenvalue weighted by atomic mass is 32.2. The molecule has 2 aliphatic heterocycles. The van der Waals surface area contributed by atoms with Crippen molar-refractivity contribution in [1.82, 2.24) is 5.32 Å². The summed E-state index contributed by atoms with van der Waals surface area (Å²) in [7, 11) is -3.77. The summed E-state index contributed by atoms with van der Waals surface area (Å²) in [4.78, 5) is 22.3. The molecule has 0 aromatic rings. The van der Waals surface area contributed by atoms with Crippen LogP contribution in [0.15, 0.2) is 15.0 Å². The van der Waals surface area contributed by atoms with Crippen LogP contribution in [-0.4, -0.2) is 43.6 Å². The van der Waals surface area contributed by atoms with Gasteiger partial charge in [-0.1, -0.05) is 0 Å². The average molecular weight is 229 g/mol. The summed E-state index contributed by atoms with van der Waals surface area (Å²) in [6.45, 7) is 0. The molecule has 0 saturated carbocycles. The Hall–Kier alpha value is -1.61. The summed E-state index contributed by atoms with van der Waals surface area (Å²) in [5.41, 5.74) is 5.42. The molecule has 0 fully saturated rings. The maximum absolute atomic E-state index is 11.4. The fourth-order valence-electron chi connectivity index (χ4n) is 1.08. The summed E-state index contributed by atoms with van der Waals surface area (Å²) in [6, 6.07) is 0. The highest BCUT2D eigenvalue weighted by Gasteiger charge is 2.44. The van der Waals surface area contributed by atoms with E-state index in [-0.39, 0.29) is 11.5 Å². The van der Waals surface area contributed by atoms with Crippen molar-refractivity contribution in [1.29, 1.82) is 0 Å². The van der Waals surface area contributed by atoms with Crippen LogP contribution in [0.2, 0.25) is 0 Å². The molecule has 0 radical (unpaired) electrons. The number of rotatable bonds is 1. The Morgan fingerprint density at radius 2 is 2.20 bits per heavy atom. The van der Waals surface area contributed by atoms with Gasteiger partial charge in [0.05, 0.1) is 0 Å². The van der Waals surface area contributed by atoms with E-state index in [0.29, 0.717) is 0 Å². The number of sulfone groups is 1. The van der Waals surface area contributed by atoms with Gasteiger partial charge in [0, 0.05) is 6.26 Å².